The van der Waals surface area contributed by atoms with Gasteiger partial charge in [-0.3, -0.25) is 4.68 Å². The normalized spacial score (nSPS) is 12.8. The highest BCUT2D eigenvalue weighted by Gasteiger charge is 2.13. The SMILES string of the molecule is Cc1cccc(CC(CNC(C)C)Cc2ccn(C)n2)c1. The summed E-state index contributed by atoms with van der Waals surface area (Å²) >= 11 is 0. The zero-order chi connectivity index (χ0) is 15.2. The monoisotopic (exact) mass is 285 g/mol. The summed E-state index contributed by atoms with van der Waals surface area (Å²) in [6.07, 6.45) is 4.14. The second-order valence-electron chi connectivity index (χ2n) is 6.31. The van der Waals surface area contributed by atoms with E-state index in [1.807, 2.05) is 17.9 Å². The fourth-order valence-electron chi connectivity index (χ4n) is 2.66. The second-order valence-corrected chi connectivity index (χ2v) is 6.31. The van der Waals surface area contributed by atoms with Gasteiger partial charge in [-0.2, -0.15) is 5.10 Å². The van der Waals surface area contributed by atoms with Crippen molar-refractivity contribution < 1.29 is 0 Å². The summed E-state index contributed by atoms with van der Waals surface area (Å²) in [5, 5.41) is 8.10. The minimum atomic E-state index is 0.522. The van der Waals surface area contributed by atoms with Crippen LogP contribution in [0.4, 0.5) is 0 Å². The highest BCUT2D eigenvalue weighted by atomic mass is 15.2. The molecule has 21 heavy (non-hydrogen) atoms. The van der Waals surface area contributed by atoms with E-state index in [-0.39, 0.29) is 0 Å². The first-order valence-corrected chi connectivity index (χ1v) is 7.80. The van der Waals surface area contributed by atoms with Crippen LogP contribution in [0.3, 0.4) is 0 Å². The first kappa shape index (κ1) is 15.8. The topological polar surface area (TPSA) is 29.9 Å². The van der Waals surface area contributed by atoms with Crippen molar-refractivity contribution in [2.75, 3.05) is 6.54 Å². The van der Waals surface area contributed by atoms with Crippen LogP contribution in [-0.2, 0) is 19.9 Å². The quantitative estimate of drug-likeness (QED) is 0.847. The third-order valence-corrected chi connectivity index (χ3v) is 3.69. The number of rotatable bonds is 7. The van der Waals surface area contributed by atoms with Gasteiger partial charge in [0.25, 0.3) is 0 Å². The van der Waals surface area contributed by atoms with Crippen LogP contribution in [0.1, 0.15) is 30.7 Å². The Balaban J connectivity index is 2.04. The van der Waals surface area contributed by atoms with Gasteiger partial charge in [0.2, 0.25) is 0 Å². The maximum absolute atomic E-state index is 4.53. The number of hydrogen-bond donors (Lipinski definition) is 1. The van der Waals surface area contributed by atoms with Crippen LogP contribution in [0.15, 0.2) is 36.5 Å². The third-order valence-electron chi connectivity index (χ3n) is 3.69. The molecule has 2 aromatic rings. The number of aryl methyl sites for hydroxylation is 2. The molecular formula is C18H27N3. The van der Waals surface area contributed by atoms with Crippen molar-refractivity contribution in [3.63, 3.8) is 0 Å². The summed E-state index contributed by atoms with van der Waals surface area (Å²) in [6, 6.07) is 11.5. The van der Waals surface area contributed by atoms with Crippen molar-refractivity contribution in [3.8, 4) is 0 Å². The van der Waals surface area contributed by atoms with Crippen molar-refractivity contribution in [1.29, 1.82) is 0 Å². The van der Waals surface area contributed by atoms with Gasteiger partial charge in [0.05, 0.1) is 5.69 Å². The van der Waals surface area contributed by atoms with E-state index in [9.17, 15) is 0 Å². The van der Waals surface area contributed by atoms with Crippen LogP contribution in [-0.4, -0.2) is 22.4 Å². The van der Waals surface area contributed by atoms with E-state index >= 15 is 0 Å². The molecule has 1 aromatic heterocycles. The van der Waals surface area contributed by atoms with Gasteiger partial charge in [-0.05, 0) is 43.9 Å². The number of nitrogens with one attached hydrogen (secondary N) is 1. The average Bonchev–Trinajstić information content (AvgIpc) is 2.81. The van der Waals surface area contributed by atoms with Gasteiger partial charge >= 0.3 is 0 Å². The molecule has 0 spiro atoms. The number of aromatic nitrogens is 2. The van der Waals surface area contributed by atoms with Crippen LogP contribution in [0.25, 0.3) is 0 Å². The maximum Gasteiger partial charge on any atom is 0.0627 e. The van der Waals surface area contributed by atoms with Crippen molar-refractivity contribution in [1.82, 2.24) is 15.1 Å². The Hall–Kier alpha value is -1.61. The molecule has 0 aliphatic rings. The van der Waals surface area contributed by atoms with Gasteiger partial charge in [0, 0.05) is 19.3 Å². The van der Waals surface area contributed by atoms with Crippen molar-refractivity contribution in [2.45, 2.75) is 39.7 Å². The molecule has 0 amide bonds. The van der Waals surface area contributed by atoms with Gasteiger partial charge in [-0.1, -0.05) is 43.7 Å². The lowest BCUT2D eigenvalue weighted by atomic mass is 9.93. The lowest BCUT2D eigenvalue weighted by Gasteiger charge is -2.19. The van der Waals surface area contributed by atoms with E-state index in [0.29, 0.717) is 12.0 Å². The Morgan fingerprint density at radius 2 is 2.00 bits per heavy atom. The molecule has 0 aliphatic carbocycles. The molecule has 114 valence electrons. The standard InChI is InChI=1S/C18H27N3/c1-14(2)19-13-17(12-18-8-9-21(4)20-18)11-16-7-5-6-15(3)10-16/h5-10,14,17,19H,11-13H2,1-4H3. The van der Waals surface area contributed by atoms with Crippen LogP contribution in [0.2, 0.25) is 0 Å². The molecule has 1 unspecified atom stereocenters. The van der Waals surface area contributed by atoms with Crippen LogP contribution >= 0.6 is 0 Å². The number of nitrogens with zero attached hydrogens (tertiary/aromatic N) is 2. The van der Waals surface area contributed by atoms with E-state index in [1.54, 1.807) is 0 Å². The van der Waals surface area contributed by atoms with Crippen molar-refractivity contribution >= 4 is 0 Å². The molecule has 1 aromatic carbocycles. The van der Waals surface area contributed by atoms with Crippen LogP contribution in [0.5, 0.6) is 0 Å². The van der Waals surface area contributed by atoms with E-state index in [0.717, 1.165) is 19.4 Å². The van der Waals surface area contributed by atoms with E-state index in [1.165, 1.54) is 16.8 Å². The minimum Gasteiger partial charge on any atom is -0.314 e. The third kappa shape index (κ3) is 5.35. The summed E-state index contributed by atoms with van der Waals surface area (Å²) in [5.41, 5.74) is 3.93. The molecule has 2 rings (SSSR count). The Labute approximate surface area is 128 Å². The number of benzene rings is 1. The molecular weight excluding hydrogens is 258 g/mol. The lowest BCUT2D eigenvalue weighted by molar-refractivity contribution is 0.439. The zero-order valence-electron chi connectivity index (χ0n) is 13.6. The van der Waals surface area contributed by atoms with Crippen molar-refractivity contribution in [3.05, 3.63) is 53.3 Å². The molecule has 0 fully saturated rings. The first-order chi connectivity index (χ1) is 10.0. The molecule has 3 heteroatoms. The molecule has 1 heterocycles. The summed E-state index contributed by atoms with van der Waals surface area (Å²) in [7, 11) is 1.98. The second kappa shape index (κ2) is 7.41. The lowest BCUT2D eigenvalue weighted by Crippen LogP contribution is -2.31. The largest absolute Gasteiger partial charge is 0.314 e. The minimum absolute atomic E-state index is 0.522. The molecule has 0 bridgehead atoms. The molecule has 1 N–H and O–H groups in total. The fraction of sp³-hybridized carbons (Fsp3) is 0.500. The molecule has 1 atom stereocenters. The van der Waals surface area contributed by atoms with Gasteiger partial charge in [0.15, 0.2) is 0 Å². The molecule has 0 radical (unpaired) electrons. The van der Waals surface area contributed by atoms with Crippen LogP contribution in [0, 0.1) is 12.8 Å². The Kier molecular flexibility index (Phi) is 5.57. The van der Waals surface area contributed by atoms with Crippen molar-refractivity contribution in [2.24, 2.45) is 13.0 Å². The van der Waals surface area contributed by atoms with Gasteiger partial charge < -0.3 is 5.32 Å². The van der Waals surface area contributed by atoms with E-state index < -0.39 is 0 Å². The Morgan fingerprint density at radius 1 is 1.19 bits per heavy atom. The summed E-state index contributed by atoms with van der Waals surface area (Å²) < 4.78 is 1.88. The average molecular weight is 285 g/mol. The van der Waals surface area contributed by atoms with E-state index in [2.05, 4.69) is 61.5 Å². The highest BCUT2D eigenvalue weighted by Crippen LogP contribution is 2.15. The predicted molar refractivity (Wildman–Crippen MR) is 88.4 cm³/mol. The molecule has 0 aliphatic heterocycles. The molecule has 0 saturated carbocycles. The van der Waals surface area contributed by atoms with Crippen LogP contribution < -0.4 is 5.32 Å². The van der Waals surface area contributed by atoms with E-state index in [4.69, 9.17) is 0 Å². The smallest absolute Gasteiger partial charge is 0.0627 e. The first-order valence-electron chi connectivity index (χ1n) is 7.80. The summed E-state index contributed by atoms with van der Waals surface area (Å²) in [5.74, 6) is 0.573. The van der Waals surface area contributed by atoms with Gasteiger partial charge in [-0.15, -0.1) is 0 Å². The van der Waals surface area contributed by atoms with Gasteiger partial charge in [-0.25, -0.2) is 0 Å². The Morgan fingerprint density at radius 3 is 2.62 bits per heavy atom. The number of hydrogen-bond acceptors (Lipinski definition) is 2. The molecule has 3 nitrogen and oxygen atoms in total. The Bertz CT molecular complexity index is 557. The summed E-state index contributed by atoms with van der Waals surface area (Å²) in [4.78, 5) is 0. The zero-order valence-corrected chi connectivity index (χ0v) is 13.6. The fourth-order valence-corrected chi connectivity index (χ4v) is 2.66. The molecule has 0 saturated heterocycles. The summed E-state index contributed by atoms with van der Waals surface area (Å²) in [6.45, 7) is 7.58. The predicted octanol–water partition coefficient (Wildman–Crippen LogP) is 3.13. The highest BCUT2D eigenvalue weighted by molar-refractivity contribution is 5.23. The van der Waals surface area contributed by atoms with Gasteiger partial charge in [0.1, 0.15) is 0 Å². The maximum atomic E-state index is 4.53.